The zero-order chi connectivity index (χ0) is 18.6. The molecule has 1 heterocycles. The average Bonchev–Trinajstić information content (AvgIpc) is 3.01. The summed E-state index contributed by atoms with van der Waals surface area (Å²) in [5, 5.41) is 29.7. The summed E-state index contributed by atoms with van der Waals surface area (Å²) >= 11 is 0. The summed E-state index contributed by atoms with van der Waals surface area (Å²) in [4.78, 5) is 16.5. The number of hydrogen-bond donors (Lipinski definition) is 3. The Kier molecular flexibility index (Phi) is 5.67. The maximum atomic E-state index is 12.3. The van der Waals surface area contributed by atoms with Crippen molar-refractivity contribution >= 4 is 17.0 Å². The lowest BCUT2D eigenvalue weighted by Gasteiger charge is -2.28. The van der Waals surface area contributed by atoms with Crippen molar-refractivity contribution < 1.29 is 19.7 Å². The van der Waals surface area contributed by atoms with E-state index in [2.05, 4.69) is 11.1 Å². The van der Waals surface area contributed by atoms with Crippen LogP contribution in [0.4, 0.5) is 4.79 Å². The van der Waals surface area contributed by atoms with E-state index in [9.17, 15) is 15.0 Å². The number of rotatable bonds is 5. The zero-order valence-corrected chi connectivity index (χ0v) is 14.6. The lowest BCUT2D eigenvalue weighted by atomic mass is 10.0. The molecular weight excluding hydrogens is 322 g/mol. The molecule has 3 N–H and O–H groups in total. The van der Waals surface area contributed by atoms with E-state index in [1.807, 2.05) is 0 Å². The summed E-state index contributed by atoms with van der Waals surface area (Å²) in [6.45, 7) is 5.05. The van der Waals surface area contributed by atoms with Gasteiger partial charge in [0.15, 0.2) is 0 Å². The van der Waals surface area contributed by atoms with E-state index in [0.717, 1.165) is 5.39 Å². The Morgan fingerprint density at radius 2 is 2.12 bits per heavy atom. The number of aromatic nitrogens is 1. The Hall–Kier alpha value is -2.56. The number of aliphatic hydroxyl groups excluding tert-OH is 2. The maximum Gasteiger partial charge on any atom is 0.410 e. The number of carbonyl (C=O) groups is 1. The third-order valence-corrected chi connectivity index (χ3v) is 3.65. The lowest BCUT2D eigenvalue weighted by molar-refractivity contribution is 0.0110. The fourth-order valence-corrected chi connectivity index (χ4v) is 2.57. The van der Waals surface area contributed by atoms with Crippen LogP contribution in [0.1, 0.15) is 38.0 Å². The molecule has 7 nitrogen and oxygen atoms in total. The Labute approximate surface area is 146 Å². The van der Waals surface area contributed by atoms with Gasteiger partial charge in [-0.25, -0.2) is 4.79 Å². The molecule has 1 unspecified atom stereocenters. The second-order valence-corrected chi connectivity index (χ2v) is 6.75. The number of amides is 1. The fraction of sp³-hybridized carbons (Fsp3) is 0.444. The third-order valence-electron chi connectivity index (χ3n) is 3.65. The van der Waals surface area contributed by atoms with E-state index in [4.69, 9.17) is 10.00 Å². The molecule has 25 heavy (non-hydrogen) atoms. The van der Waals surface area contributed by atoms with Crippen LogP contribution in [0.5, 0.6) is 0 Å². The molecule has 134 valence electrons. The van der Waals surface area contributed by atoms with Crippen LogP contribution in [0.25, 0.3) is 10.9 Å². The topological polar surface area (TPSA) is 110 Å². The summed E-state index contributed by atoms with van der Waals surface area (Å²) in [5.41, 5.74) is 1.06. The first-order chi connectivity index (χ1) is 11.8. The van der Waals surface area contributed by atoms with Gasteiger partial charge in [0.25, 0.3) is 0 Å². The van der Waals surface area contributed by atoms with E-state index >= 15 is 0 Å². The number of ether oxygens (including phenoxy) is 1. The normalized spacial score (nSPS) is 12.6. The lowest BCUT2D eigenvalue weighted by Crippen LogP contribution is -2.40. The SMILES string of the molecule is CC(C)(C)OC(=O)N(CCO)CC(O)c1ccc(C#N)c2[nH]ccc12. The van der Waals surface area contributed by atoms with Crippen LogP contribution in [0.15, 0.2) is 24.4 Å². The summed E-state index contributed by atoms with van der Waals surface area (Å²) in [5.74, 6) is 0. The number of benzene rings is 1. The predicted octanol–water partition coefficient (Wildman–Crippen LogP) is 2.30. The number of nitrogens with zero attached hydrogens (tertiary/aromatic N) is 2. The standard InChI is InChI=1S/C18H23N3O4/c1-18(2,3)25-17(24)21(8-9-22)11-15(23)13-5-4-12(10-19)16-14(13)6-7-20-16/h4-7,15,20,22-23H,8-9,11H2,1-3H3. The van der Waals surface area contributed by atoms with Crippen molar-refractivity contribution in [3.05, 3.63) is 35.5 Å². The second-order valence-electron chi connectivity index (χ2n) is 6.75. The molecule has 0 saturated carbocycles. The number of carbonyl (C=O) groups excluding carboxylic acids is 1. The highest BCUT2D eigenvalue weighted by Gasteiger charge is 2.25. The molecule has 1 atom stereocenters. The molecule has 1 aromatic heterocycles. The van der Waals surface area contributed by atoms with E-state index in [1.54, 1.807) is 45.2 Å². The minimum atomic E-state index is -0.981. The molecule has 1 amide bonds. The summed E-state index contributed by atoms with van der Waals surface area (Å²) in [6, 6.07) is 7.17. The fourth-order valence-electron chi connectivity index (χ4n) is 2.57. The van der Waals surface area contributed by atoms with Crippen LogP contribution in [-0.4, -0.2) is 51.5 Å². The van der Waals surface area contributed by atoms with Crippen LogP contribution >= 0.6 is 0 Å². The highest BCUT2D eigenvalue weighted by Crippen LogP contribution is 2.27. The minimum Gasteiger partial charge on any atom is -0.444 e. The molecule has 0 spiro atoms. The van der Waals surface area contributed by atoms with Crippen LogP contribution < -0.4 is 0 Å². The van der Waals surface area contributed by atoms with E-state index in [1.165, 1.54) is 4.90 Å². The Morgan fingerprint density at radius 1 is 1.40 bits per heavy atom. The number of aliphatic hydroxyl groups is 2. The molecule has 1 aromatic carbocycles. The van der Waals surface area contributed by atoms with Crippen LogP contribution in [0, 0.1) is 11.3 Å². The van der Waals surface area contributed by atoms with Gasteiger partial charge in [-0.15, -0.1) is 0 Å². The van der Waals surface area contributed by atoms with Gasteiger partial charge < -0.3 is 24.8 Å². The highest BCUT2D eigenvalue weighted by atomic mass is 16.6. The molecular formula is C18H23N3O4. The van der Waals surface area contributed by atoms with E-state index in [0.29, 0.717) is 16.6 Å². The third kappa shape index (κ3) is 4.50. The molecule has 0 aliphatic heterocycles. The van der Waals surface area contributed by atoms with Gasteiger partial charge in [-0.3, -0.25) is 0 Å². The number of hydrogen-bond acceptors (Lipinski definition) is 5. The number of H-pyrrole nitrogens is 1. The minimum absolute atomic E-state index is 0.0261. The molecule has 0 bridgehead atoms. The van der Waals surface area contributed by atoms with Gasteiger partial charge in [-0.05, 0) is 38.5 Å². The smallest absolute Gasteiger partial charge is 0.410 e. The van der Waals surface area contributed by atoms with Gasteiger partial charge in [0.1, 0.15) is 11.7 Å². The zero-order valence-electron chi connectivity index (χ0n) is 14.6. The number of nitrogens with one attached hydrogen (secondary N) is 1. The van der Waals surface area contributed by atoms with E-state index < -0.39 is 17.8 Å². The largest absolute Gasteiger partial charge is 0.444 e. The van der Waals surface area contributed by atoms with Crippen molar-refractivity contribution in [2.24, 2.45) is 0 Å². The number of aromatic amines is 1. The van der Waals surface area contributed by atoms with Gasteiger partial charge in [-0.1, -0.05) is 6.07 Å². The highest BCUT2D eigenvalue weighted by molar-refractivity contribution is 5.88. The van der Waals surface area contributed by atoms with Crippen molar-refractivity contribution in [3.8, 4) is 6.07 Å². The van der Waals surface area contributed by atoms with Crippen LogP contribution in [0.3, 0.4) is 0 Å². The number of nitriles is 1. The molecule has 0 radical (unpaired) electrons. The Balaban J connectivity index is 2.24. The summed E-state index contributed by atoms with van der Waals surface area (Å²) < 4.78 is 5.31. The summed E-state index contributed by atoms with van der Waals surface area (Å²) in [7, 11) is 0. The Morgan fingerprint density at radius 3 is 2.72 bits per heavy atom. The molecule has 0 saturated heterocycles. The van der Waals surface area contributed by atoms with Crippen molar-refractivity contribution in [2.45, 2.75) is 32.5 Å². The number of fused-ring (bicyclic) bond motifs is 1. The van der Waals surface area contributed by atoms with Crippen molar-refractivity contribution in [1.82, 2.24) is 9.88 Å². The van der Waals surface area contributed by atoms with Crippen molar-refractivity contribution in [3.63, 3.8) is 0 Å². The van der Waals surface area contributed by atoms with Gasteiger partial charge in [-0.2, -0.15) is 5.26 Å². The van der Waals surface area contributed by atoms with Gasteiger partial charge >= 0.3 is 6.09 Å². The molecule has 2 rings (SSSR count). The van der Waals surface area contributed by atoms with Crippen LogP contribution in [0.2, 0.25) is 0 Å². The van der Waals surface area contributed by atoms with E-state index in [-0.39, 0.29) is 19.7 Å². The molecule has 0 aliphatic carbocycles. The van der Waals surface area contributed by atoms with Crippen molar-refractivity contribution in [2.75, 3.05) is 19.7 Å². The van der Waals surface area contributed by atoms with Gasteiger partial charge in [0, 0.05) is 18.1 Å². The average molecular weight is 345 g/mol. The van der Waals surface area contributed by atoms with Gasteiger partial charge in [0.05, 0.1) is 30.3 Å². The van der Waals surface area contributed by atoms with Crippen molar-refractivity contribution in [1.29, 1.82) is 5.26 Å². The first kappa shape index (κ1) is 18.8. The molecule has 7 heteroatoms. The molecule has 0 fully saturated rings. The monoisotopic (exact) mass is 345 g/mol. The van der Waals surface area contributed by atoms with Gasteiger partial charge in [0.2, 0.25) is 0 Å². The summed E-state index contributed by atoms with van der Waals surface area (Å²) in [6.07, 6.45) is 0.117. The second kappa shape index (κ2) is 7.55. The molecule has 2 aromatic rings. The van der Waals surface area contributed by atoms with Crippen LogP contribution in [-0.2, 0) is 4.74 Å². The maximum absolute atomic E-state index is 12.3. The first-order valence-corrected chi connectivity index (χ1v) is 8.03. The quantitative estimate of drug-likeness (QED) is 0.770. The molecule has 0 aliphatic rings. The predicted molar refractivity (Wildman–Crippen MR) is 92.9 cm³/mol. The Bertz CT molecular complexity index is 786. The first-order valence-electron chi connectivity index (χ1n) is 8.03.